The van der Waals surface area contributed by atoms with Crippen LogP contribution in [-0.4, -0.2) is 23.8 Å². The molecule has 1 N–H and O–H groups in total. The molecular weight excluding hydrogens is 336 g/mol. The highest BCUT2D eigenvalue weighted by Crippen LogP contribution is 2.37. The lowest BCUT2D eigenvalue weighted by Gasteiger charge is -2.38. The largest absolute Gasteiger partial charge is 0.338 e. The standard InChI is InChI=1S/C23H28N2O2/c1-4-16-12-9-13-17(5-2)21(16)24-23(27)19-14-15-20(26)25(3)22(19)18-10-7-6-8-11-18/h6-13,19,22H,4-5,14-15H2,1-3H3,(H,24,27)/t19-,22+/m1/s1. The Morgan fingerprint density at radius 1 is 1.04 bits per heavy atom. The highest BCUT2D eigenvalue weighted by Gasteiger charge is 2.39. The van der Waals surface area contributed by atoms with E-state index in [2.05, 4.69) is 31.3 Å². The number of hydrogen-bond donors (Lipinski definition) is 1. The Morgan fingerprint density at radius 2 is 1.67 bits per heavy atom. The molecule has 1 heterocycles. The number of amides is 2. The maximum atomic E-state index is 13.3. The third kappa shape index (κ3) is 3.90. The van der Waals surface area contributed by atoms with Gasteiger partial charge in [0.1, 0.15) is 0 Å². The first-order valence-corrected chi connectivity index (χ1v) is 9.79. The van der Waals surface area contributed by atoms with Crippen LogP contribution in [0.1, 0.15) is 49.4 Å². The van der Waals surface area contributed by atoms with Crippen LogP contribution in [0.3, 0.4) is 0 Å². The molecule has 4 heteroatoms. The number of likely N-dealkylation sites (tertiary alicyclic amines) is 1. The Hall–Kier alpha value is -2.62. The molecule has 2 aromatic rings. The topological polar surface area (TPSA) is 49.4 Å². The quantitative estimate of drug-likeness (QED) is 0.857. The Balaban J connectivity index is 1.92. The molecule has 4 nitrogen and oxygen atoms in total. The number of hydrogen-bond acceptors (Lipinski definition) is 2. The molecule has 0 aliphatic carbocycles. The van der Waals surface area contributed by atoms with Gasteiger partial charge in [-0.25, -0.2) is 0 Å². The summed E-state index contributed by atoms with van der Waals surface area (Å²) < 4.78 is 0. The summed E-state index contributed by atoms with van der Waals surface area (Å²) in [6.45, 7) is 4.20. The lowest BCUT2D eigenvalue weighted by molar-refractivity contribution is -0.140. The van der Waals surface area contributed by atoms with E-state index >= 15 is 0 Å². The predicted molar refractivity (Wildman–Crippen MR) is 109 cm³/mol. The highest BCUT2D eigenvalue weighted by molar-refractivity contribution is 5.96. The first kappa shape index (κ1) is 19.2. The van der Waals surface area contributed by atoms with Crippen molar-refractivity contribution in [2.45, 2.75) is 45.6 Å². The molecule has 1 aliphatic heterocycles. The summed E-state index contributed by atoms with van der Waals surface area (Å²) in [5.74, 6) is -0.167. The van der Waals surface area contributed by atoms with Crippen LogP contribution in [0.25, 0.3) is 0 Å². The first-order chi connectivity index (χ1) is 13.1. The van der Waals surface area contributed by atoms with Crippen LogP contribution in [0.2, 0.25) is 0 Å². The number of carbonyl (C=O) groups is 2. The number of piperidine rings is 1. The zero-order valence-electron chi connectivity index (χ0n) is 16.4. The molecule has 0 spiro atoms. The van der Waals surface area contributed by atoms with E-state index in [0.717, 1.165) is 35.2 Å². The zero-order valence-corrected chi connectivity index (χ0v) is 16.4. The van der Waals surface area contributed by atoms with Crippen molar-refractivity contribution in [1.29, 1.82) is 0 Å². The maximum Gasteiger partial charge on any atom is 0.229 e. The fourth-order valence-electron chi connectivity index (χ4n) is 4.04. The van der Waals surface area contributed by atoms with E-state index in [9.17, 15) is 9.59 Å². The number of carbonyl (C=O) groups excluding carboxylic acids is 2. The fourth-order valence-corrected chi connectivity index (χ4v) is 4.04. The second-order valence-electron chi connectivity index (χ2n) is 7.15. The summed E-state index contributed by atoms with van der Waals surface area (Å²) in [4.78, 5) is 27.3. The average molecular weight is 364 g/mol. The van der Waals surface area contributed by atoms with Crippen LogP contribution < -0.4 is 5.32 Å². The zero-order chi connectivity index (χ0) is 19.4. The molecule has 0 bridgehead atoms. The maximum absolute atomic E-state index is 13.3. The van der Waals surface area contributed by atoms with Crippen molar-refractivity contribution in [2.24, 2.45) is 5.92 Å². The summed E-state index contributed by atoms with van der Waals surface area (Å²) >= 11 is 0. The van der Waals surface area contributed by atoms with Gasteiger partial charge in [0.25, 0.3) is 0 Å². The van der Waals surface area contributed by atoms with Crippen molar-refractivity contribution in [3.63, 3.8) is 0 Å². The molecule has 2 aromatic carbocycles. The van der Waals surface area contributed by atoms with Gasteiger partial charge in [0.15, 0.2) is 0 Å². The van der Waals surface area contributed by atoms with Crippen molar-refractivity contribution in [3.05, 3.63) is 65.2 Å². The van der Waals surface area contributed by atoms with Crippen molar-refractivity contribution in [1.82, 2.24) is 4.90 Å². The molecule has 1 aliphatic rings. The molecule has 27 heavy (non-hydrogen) atoms. The van der Waals surface area contributed by atoms with Gasteiger partial charge in [-0.2, -0.15) is 0 Å². The van der Waals surface area contributed by atoms with Crippen LogP contribution in [0, 0.1) is 5.92 Å². The third-order valence-corrected chi connectivity index (χ3v) is 5.59. The molecule has 0 saturated carbocycles. The number of nitrogens with one attached hydrogen (secondary N) is 1. The number of para-hydroxylation sites is 1. The second kappa shape index (κ2) is 8.38. The number of rotatable bonds is 5. The average Bonchev–Trinajstić information content (AvgIpc) is 2.70. The van der Waals surface area contributed by atoms with Crippen LogP contribution in [0.4, 0.5) is 5.69 Å². The molecule has 2 atom stereocenters. The minimum Gasteiger partial charge on any atom is -0.338 e. The third-order valence-electron chi connectivity index (χ3n) is 5.59. The van der Waals surface area contributed by atoms with Crippen LogP contribution in [0.5, 0.6) is 0 Å². The van der Waals surface area contributed by atoms with E-state index in [1.807, 2.05) is 36.4 Å². The van der Waals surface area contributed by atoms with Crippen LogP contribution in [-0.2, 0) is 22.4 Å². The van der Waals surface area contributed by atoms with E-state index in [1.165, 1.54) is 0 Å². The van der Waals surface area contributed by atoms with E-state index in [0.29, 0.717) is 12.8 Å². The monoisotopic (exact) mass is 364 g/mol. The molecule has 1 fully saturated rings. The number of nitrogens with zero attached hydrogens (tertiary/aromatic N) is 1. The molecule has 2 amide bonds. The molecule has 142 valence electrons. The van der Waals surface area contributed by atoms with Gasteiger partial charge in [-0.1, -0.05) is 62.4 Å². The molecule has 0 aromatic heterocycles. The second-order valence-corrected chi connectivity index (χ2v) is 7.15. The molecule has 1 saturated heterocycles. The molecular formula is C23H28N2O2. The van der Waals surface area contributed by atoms with Gasteiger partial charge in [-0.3, -0.25) is 9.59 Å². The summed E-state index contributed by atoms with van der Waals surface area (Å²) in [7, 11) is 1.80. The Morgan fingerprint density at radius 3 is 2.26 bits per heavy atom. The summed E-state index contributed by atoms with van der Waals surface area (Å²) in [5, 5.41) is 3.21. The van der Waals surface area contributed by atoms with Gasteiger partial charge in [0.05, 0.1) is 12.0 Å². The van der Waals surface area contributed by atoms with Gasteiger partial charge in [-0.05, 0) is 36.0 Å². The van der Waals surface area contributed by atoms with E-state index in [-0.39, 0.29) is 23.8 Å². The van der Waals surface area contributed by atoms with Crippen molar-refractivity contribution < 1.29 is 9.59 Å². The summed E-state index contributed by atoms with van der Waals surface area (Å²) in [5.41, 5.74) is 4.25. The number of anilines is 1. The minimum atomic E-state index is -0.260. The summed E-state index contributed by atoms with van der Waals surface area (Å²) in [6.07, 6.45) is 2.72. The molecule has 0 unspecified atom stereocenters. The fraction of sp³-hybridized carbons (Fsp3) is 0.391. The Bertz CT molecular complexity index is 794. The van der Waals surface area contributed by atoms with Crippen molar-refractivity contribution >= 4 is 17.5 Å². The van der Waals surface area contributed by atoms with Gasteiger partial charge in [0, 0.05) is 19.2 Å². The Kier molecular flexibility index (Phi) is 5.94. The lowest BCUT2D eigenvalue weighted by atomic mass is 9.83. The van der Waals surface area contributed by atoms with Crippen LogP contribution >= 0.6 is 0 Å². The smallest absolute Gasteiger partial charge is 0.229 e. The normalized spacial score (nSPS) is 19.8. The predicted octanol–water partition coefficient (Wildman–Crippen LogP) is 4.36. The van der Waals surface area contributed by atoms with Crippen LogP contribution in [0.15, 0.2) is 48.5 Å². The number of aryl methyl sites for hydroxylation is 2. The Labute approximate surface area is 161 Å². The molecule has 3 rings (SSSR count). The van der Waals surface area contributed by atoms with Gasteiger partial charge in [-0.15, -0.1) is 0 Å². The van der Waals surface area contributed by atoms with E-state index < -0.39 is 0 Å². The SMILES string of the molecule is CCc1cccc(CC)c1NC(=O)[C@@H]1CCC(=O)N(C)[C@H]1c1ccccc1. The lowest BCUT2D eigenvalue weighted by Crippen LogP contribution is -2.44. The molecule has 0 radical (unpaired) electrons. The van der Waals surface area contributed by atoms with E-state index in [4.69, 9.17) is 0 Å². The first-order valence-electron chi connectivity index (χ1n) is 9.79. The highest BCUT2D eigenvalue weighted by atomic mass is 16.2. The van der Waals surface area contributed by atoms with Crippen molar-refractivity contribution in [2.75, 3.05) is 12.4 Å². The van der Waals surface area contributed by atoms with Gasteiger partial charge in [0.2, 0.25) is 11.8 Å². The minimum absolute atomic E-state index is 0.00111. The summed E-state index contributed by atoms with van der Waals surface area (Å²) in [6, 6.07) is 15.8. The number of benzene rings is 2. The van der Waals surface area contributed by atoms with Gasteiger partial charge >= 0.3 is 0 Å². The van der Waals surface area contributed by atoms with E-state index in [1.54, 1.807) is 11.9 Å². The van der Waals surface area contributed by atoms with Crippen molar-refractivity contribution in [3.8, 4) is 0 Å². The van der Waals surface area contributed by atoms with Gasteiger partial charge < -0.3 is 10.2 Å².